The maximum Gasteiger partial charge on any atom is 0.416 e. The van der Waals surface area contributed by atoms with Crippen LogP contribution < -0.4 is 0 Å². The summed E-state index contributed by atoms with van der Waals surface area (Å²) in [4.78, 5) is 5.31. The van der Waals surface area contributed by atoms with Gasteiger partial charge in [0.15, 0.2) is 0 Å². The second-order valence-corrected chi connectivity index (χ2v) is 14.7. The van der Waals surface area contributed by atoms with Crippen molar-refractivity contribution in [3.8, 4) is 39.5 Å². The molecule has 9 aromatic rings. The van der Waals surface area contributed by atoms with Crippen molar-refractivity contribution in [3.05, 3.63) is 144 Å². The molecular formula is C47H37F3N2O2. The Morgan fingerprint density at radius 2 is 1.26 bits per heavy atom. The van der Waals surface area contributed by atoms with Crippen molar-refractivity contribution in [1.82, 2.24) is 9.55 Å². The molecule has 7 heteroatoms. The van der Waals surface area contributed by atoms with Crippen molar-refractivity contribution in [1.29, 1.82) is 0 Å². The van der Waals surface area contributed by atoms with Crippen LogP contribution in [0.3, 0.4) is 0 Å². The number of furan rings is 2. The van der Waals surface area contributed by atoms with Crippen LogP contribution in [0.1, 0.15) is 61.8 Å². The van der Waals surface area contributed by atoms with Crippen molar-refractivity contribution in [3.63, 3.8) is 0 Å². The molecule has 0 aliphatic rings. The molecule has 0 aliphatic carbocycles. The Morgan fingerprint density at radius 1 is 0.630 bits per heavy atom. The minimum Gasteiger partial charge on any atom is -0.455 e. The summed E-state index contributed by atoms with van der Waals surface area (Å²) in [5, 5.41) is 1.99. The van der Waals surface area contributed by atoms with Gasteiger partial charge in [0, 0.05) is 21.9 Å². The zero-order valence-corrected chi connectivity index (χ0v) is 30.5. The third-order valence-corrected chi connectivity index (χ3v) is 10.6. The van der Waals surface area contributed by atoms with Crippen LogP contribution in [0.5, 0.6) is 0 Å². The van der Waals surface area contributed by atoms with E-state index >= 15 is 0 Å². The van der Waals surface area contributed by atoms with Crippen molar-refractivity contribution in [2.45, 2.75) is 52.6 Å². The number of rotatable bonds is 6. The van der Waals surface area contributed by atoms with Crippen molar-refractivity contribution < 1.29 is 22.0 Å². The number of hydrogen-bond acceptors (Lipinski definition) is 3. The van der Waals surface area contributed by atoms with E-state index in [1.807, 2.05) is 67.6 Å². The summed E-state index contributed by atoms with van der Waals surface area (Å²) in [6, 6.07) is 38.6. The monoisotopic (exact) mass is 718 g/mol. The molecule has 0 saturated carbocycles. The van der Waals surface area contributed by atoms with Gasteiger partial charge in [-0.25, -0.2) is 4.98 Å². The summed E-state index contributed by atoms with van der Waals surface area (Å²) in [6.07, 6.45) is -4.53. The number of para-hydroxylation sites is 2. The van der Waals surface area contributed by atoms with E-state index in [1.54, 1.807) is 0 Å². The molecule has 3 heterocycles. The van der Waals surface area contributed by atoms with E-state index in [4.69, 9.17) is 13.8 Å². The average Bonchev–Trinajstić information content (AvgIpc) is 3.85. The highest BCUT2D eigenvalue weighted by Gasteiger charge is 2.33. The van der Waals surface area contributed by atoms with Gasteiger partial charge in [0.2, 0.25) is 0 Å². The number of benzene rings is 6. The van der Waals surface area contributed by atoms with E-state index in [1.165, 1.54) is 6.07 Å². The van der Waals surface area contributed by atoms with Gasteiger partial charge < -0.3 is 8.83 Å². The molecule has 3 aromatic heterocycles. The standard InChI is InChI=1S/C47H37F3N2O2/c1-26(2)34-22-31(29-14-8-6-9-15-29)23-35(27(3)4)42(34)52-39-19-13-12-18-38(39)51-46(52)37-25-36-28(5)43(30-16-10-7-11-17-30)54-44(36)41-33-21-20-32(47(48,49)50)24-40(33)53-45(37)41/h6-27H,1-5H3. The van der Waals surface area contributed by atoms with Crippen molar-refractivity contribution in [2.24, 2.45) is 0 Å². The van der Waals surface area contributed by atoms with Gasteiger partial charge in [-0.2, -0.15) is 13.2 Å². The minimum atomic E-state index is -4.53. The lowest BCUT2D eigenvalue weighted by Crippen LogP contribution is -2.09. The average molecular weight is 719 g/mol. The normalized spacial score (nSPS) is 12.4. The number of aryl methyl sites for hydroxylation is 1. The summed E-state index contributed by atoms with van der Waals surface area (Å²) >= 11 is 0. The second kappa shape index (κ2) is 12.5. The molecule has 0 unspecified atom stereocenters. The quantitative estimate of drug-likeness (QED) is 0.172. The molecule has 0 spiro atoms. The van der Waals surface area contributed by atoms with E-state index in [2.05, 4.69) is 74.7 Å². The Hall–Kier alpha value is -6.08. The molecule has 0 N–H and O–H groups in total. The first-order valence-electron chi connectivity index (χ1n) is 18.3. The molecule has 0 aliphatic heterocycles. The van der Waals surface area contributed by atoms with Gasteiger partial charge in [-0.05, 0) is 89.5 Å². The summed E-state index contributed by atoms with van der Waals surface area (Å²) in [5.41, 5.74) is 10.2. The van der Waals surface area contributed by atoms with Gasteiger partial charge in [0.05, 0.1) is 33.2 Å². The van der Waals surface area contributed by atoms with E-state index in [0.717, 1.165) is 67.6 Å². The van der Waals surface area contributed by atoms with Crippen LogP contribution in [0.15, 0.2) is 130 Å². The Kier molecular flexibility index (Phi) is 7.82. The Bertz CT molecular complexity index is 2850. The van der Waals surface area contributed by atoms with E-state index in [9.17, 15) is 13.2 Å². The molecule has 268 valence electrons. The third-order valence-electron chi connectivity index (χ3n) is 10.6. The number of aromatic nitrogens is 2. The highest BCUT2D eigenvalue weighted by atomic mass is 19.4. The SMILES string of the molecule is Cc1c(-c2ccccc2)oc2c1cc(-c1nc3ccccc3n1-c1c(C(C)C)cc(-c3ccccc3)cc1C(C)C)c1oc3cc(C(F)(F)F)ccc3c12. The molecule has 0 bridgehead atoms. The highest BCUT2D eigenvalue weighted by molar-refractivity contribution is 6.22. The lowest BCUT2D eigenvalue weighted by atomic mass is 9.88. The third kappa shape index (κ3) is 5.32. The topological polar surface area (TPSA) is 44.1 Å². The van der Waals surface area contributed by atoms with Gasteiger partial charge in [0.1, 0.15) is 28.3 Å². The van der Waals surface area contributed by atoms with Crippen LogP contribution in [0.2, 0.25) is 0 Å². The van der Waals surface area contributed by atoms with Crippen molar-refractivity contribution >= 4 is 43.9 Å². The minimum absolute atomic E-state index is 0.129. The molecule has 0 fully saturated rings. The number of hydrogen-bond donors (Lipinski definition) is 0. The molecular weight excluding hydrogens is 682 g/mol. The first kappa shape index (κ1) is 33.7. The van der Waals surface area contributed by atoms with Gasteiger partial charge in [-0.15, -0.1) is 0 Å². The summed E-state index contributed by atoms with van der Waals surface area (Å²) < 4.78 is 57.6. The van der Waals surface area contributed by atoms with Crippen LogP contribution in [-0.4, -0.2) is 9.55 Å². The van der Waals surface area contributed by atoms with Crippen LogP contribution in [0.25, 0.3) is 83.5 Å². The van der Waals surface area contributed by atoms with E-state index in [-0.39, 0.29) is 17.4 Å². The predicted octanol–water partition coefficient (Wildman–Crippen LogP) is 14.2. The maximum atomic E-state index is 14.0. The first-order valence-corrected chi connectivity index (χ1v) is 18.3. The molecule has 9 rings (SSSR count). The summed E-state index contributed by atoms with van der Waals surface area (Å²) in [7, 11) is 0. The lowest BCUT2D eigenvalue weighted by molar-refractivity contribution is -0.137. The molecule has 54 heavy (non-hydrogen) atoms. The van der Waals surface area contributed by atoms with E-state index in [0.29, 0.717) is 39.1 Å². The number of imidazole rings is 1. The molecule has 4 nitrogen and oxygen atoms in total. The van der Waals surface area contributed by atoms with Crippen molar-refractivity contribution in [2.75, 3.05) is 0 Å². The highest BCUT2D eigenvalue weighted by Crippen LogP contribution is 2.48. The Morgan fingerprint density at radius 3 is 1.91 bits per heavy atom. The number of alkyl halides is 3. The number of fused-ring (bicyclic) bond motifs is 6. The Labute approximate surface area is 310 Å². The van der Waals surface area contributed by atoms with Crippen LogP contribution in [-0.2, 0) is 6.18 Å². The smallest absolute Gasteiger partial charge is 0.416 e. The lowest BCUT2D eigenvalue weighted by Gasteiger charge is -2.24. The zero-order chi connectivity index (χ0) is 37.5. The predicted molar refractivity (Wildman–Crippen MR) is 212 cm³/mol. The zero-order valence-electron chi connectivity index (χ0n) is 30.5. The molecule has 0 atom stereocenters. The van der Waals surface area contributed by atoms with Crippen LogP contribution in [0, 0.1) is 6.92 Å². The first-order chi connectivity index (χ1) is 26.0. The summed E-state index contributed by atoms with van der Waals surface area (Å²) in [5.74, 6) is 1.62. The van der Waals surface area contributed by atoms with E-state index < -0.39 is 11.7 Å². The van der Waals surface area contributed by atoms with Gasteiger partial charge in [-0.3, -0.25) is 4.57 Å². The molecule has 0 radical (unpaired) electrons. The van der Waals surface area contributed by atoms with Gasteiger partial charge in [0.25, 0.3) is 0 Å². The maximum absolute atomic E-state index is 14.0. The fourth-order valence-corrected chi connectivity index (χ4v) is 7.86. The number of nitrogens with zero attached hydrogens (tertiary/aromatic N) is 2. The number of halogens is 3. The summed E-state index contributed by atoms with van der Waals surface area (Å²) in [6.45, 7) is 10.8. The fourth-order valence-electron chi connectivity index (χ4n) is 7.86. The second-order valence-electron chi connectivity index (χ2n) is 14.7. The Balaban J connectivity index is 1.43. The molecule has 0 saturated heterocycles. The van der Waals surface area contributed by atoms with Crippen LogP contribution >= 0.6 is 0 Å². The molecule has 6 aromatic carbocycles. The fraction of sp³-hybridized carbons (Fsp3) is 0.170. The largest absolute Gasteiger partial charge is 0.455 e. The molecule has 0 amide bonds. The van der Waals surface area contributed by atoms with Gasteiger partial charge >= 0.3 is 6.18 Å². The van der Waals surface area contributed by atoms with Crippen LogP contribution in [0.4, 0.5) is 13.2 Å². The van der Waals surface area contributed by atoms with Gasteiger partial charge in [-0.1, -0.05) is 100 Å².